The summed E-state index contributed by atoms with van der Waals surface area (Å²) in [6.45, 7) is 3.37. The van der Waals surface area contributed by atoms with Gasteiger partial charge in [0, 0.05) is 24.6 Å². The van der Waals surface area contributed by atoms with Crippen LogP contribution in [0.4, 0.5) is 4.39 Å². The van der Waals surface area contributed by atoms with Crippen LogP contribution < -0.4 is 0 Å². The highest BCUT2D eigenvalue weighted by atomic mass is 19.1. The van der Waals surface area contributed by atoms with E-state index in [9.17, 15) is 9.18 Å². The molecule has 0 bridgehead atoms. The first-order valence-electron chi connectivity index (χ1n) is 5.06. The molecular weight excluding hydrogens is 193 g/mol. The quantitative estimate of drug-likeness (QED) is 0.690. The smallest absolute Gasteiger partial charge is 0.168 e. The molecular formula is C12H14FNO. The van der Waals surface area contributed by atoms with Gasteiger partial charge in [-0.15, -0.1) is 0 Å². The summed E-state index contributed by atoms with van der Waals surface area (Å²) < 4.78 is 13.1. The van der Waals surface area contributed by atoms with E-state index in [1.807, 2.05) is 7.05 Å². The molecule has 80 valence electrons. The average molecular weight is 207 g/mol. The minimum Gasteiger partial charge on any atom is -0.305 e. The molecule has 0 spiro atoms. The maximum atomic E-state index is 13.1. The summed E-state index contributed by atoms with van der Waals surface area (Å²) in [6, 6.07) is 4.51. The molecule has 0 radical (unpaired) electrons. The average Bonchev–Trinajstić information content (AvgIpc) is 2.10. The van der Waals surface area contributed by atoms with Crippen molar-refractivity contribution in [3.8, 4) is 0 Å². The van der Waals surface area contributed by atoms with Gasteiger partial charge in [0.2, 0.25) is 0 Å². The monoisotopic (exact) mass is 207 g/mol. The summed E-state index contributed by atoms with van der Waals surface area (Å²) in [4.78, 5) is 14.0. The van der Waals surface area contributed by atoms with Gasteiger partial charge in [0.05, 0.1) is 0 Å². The summed E-state index contributed by atoms with van der Waals surface area (Å²) in [5.41, 5.74) is 1.30. The number of nitrogens with zero attached hydrogens (tertiary/aromatic N) is 1. The molecule has 0 aliphatic carbocycles. The predicted octanol–water partition coefficient (Wildman–Crippen LogP) is 1.88. The normalized spacial score (nSPS) is 17.5. The Labute approximate surface area is 88.7 Å². The molecule has 1 fully saturated rings. The van der Waals surface area contributed by atoms with E-state index in [0.717, 1.165) is 18.7 Å². The van der Waals surface area contributed by atoms with Crippen LogP contribution in [0.5, 0.6) is 0 Å². The first kappa shape index (κ1) is 10.3. The second-order valence-corrected chi connectivity index (χ2v) is 4.30. The Morgan fingerprint density at radius 3 is 2.60 bits per heavy atom. The topological polar surface area (TPSA) is 20.3 Å². The number of hydrogen-bond donors (Lipinski definition) is 0. The van der Waals surface area contributed by atoms with Crippen molar-refractivity contribution in [1.82, 2.24) is 4.90 Å². The second-order valence-electron chi connectivity index (χ2n) is 4.30. The minimum absolute atomic E-state index is 0.0520. The zero-order valence-corrected chi connectivity index (χ0v) is 8.96. The number of rotatable bonds is 2. The van der Waals surface area contributed by atoms with Crippen LogP contribution in [0.25, 0.3) is 0 Å². The lowest BCUT2D eigenvalue weighted by Gasteiger charge is -2.35. The van der Waals surface area contributed by atoms with Gasteiger partial charge in [0.25, 0.3) is 0 Å². The van der Waals surface area contributed by atoms with Crippen molar-refractivity contribution < 1.29 is 9.18 Å². The molecule has 0 unspecified atom stereocenters. The van der Waals surface area contributed by atoms with Crippen LogP contribution in [-0.4, -0.2) is 30.8 Å². The van der Waals surface area contributed by atoms with Crippen LogP contribution in [0, 0.1) is 18.7 Å². The molecule has 0 aromatic heterocycles. The molecule has 0 atom stereocenters. The second kappa shape index (κ2) is 3.74. The van der Waals surface area contributed by atoms with Gasteiger partial charge in [-0.25, -0.2) is 4.39 Å². The first-order valence-corrected chi connectivity index (χ1v) is 5.06. The first-order chi connectivity index (χ1) is 7.06. The van der Waals surface area contributed by atoms with Gasteiger partial charge in [-0.3, -0.25) is 4.79 Å². The molecule has 1 aromatic rings. The fourth-order valence-corrected chi connectivity index (χ4v) is 1.98. The third-order valence-corrected chi connectivity index (χ3v) is 2.76. The molecule has 0 N–H and O–H groups in total. The number of halogens is 1. The fraction of sp³-hybridized carbons (Fsp3) is 0.417. The van der Waals surface area contributed by atoms with E-state index in [1.165, 1.54) is 12.1 Å². The van der Waals surface area contributed by atoms with E-state index in [1.54, 1.807) is 13.0 Å². The van der Waals surface area contributed by atoms with E-state index in [4.69, 9.17) is 0 Å². The number of carbonyl (C=O) groups excluding carboxylic acids is 1. The maximum Gasteiger partial charge on any atom is 0.168 e. The summed E-state index contributed by atoms with van der Waals surface area (Å²) in [6.07, 6.45) is 0. The van der Waals surface area contributed by atoms with Crippen LogP contribution in [0.3, 0.4) is 0 Å². The van der Waals surface area contributed by atoms with Crippen molar-refractivity contribution in [2.24, 2.45) is 5.92 Å². The number of hydrogen-bond acceptors (Lipinski definition) is 2. The number of Topliss-reactive ketones (excluding diaryl/α,β-unsaturated/α-hetero) is 1. The van der Waals surface area contributed by atoms with Gasteiger partial charge in [-0.1, -0.05) is 0 Å². The molecule has 3 heteroatoms. The van der Waals surface area contributed by atoms with Gasteiger partial charge in [-0.2, -0.15) is 0 Å². The minimum atomic E-state index is -0.328. The van der Waals surface area contributed by atoms with E-state index in [-0.39, 0.29) is 17.5 Å². The molecule has 1 heterocycles. The molecule has 1 aliphatic rings. The van der Waals surface area contributed by atoms with Crippen molar-refractivity contribution in [3.63, 3.8) is 0 Å². The largest absolute Gasteiger partial charge is 0.305 e. The van der Waals surface area contributed by atoms with Gasteiger partial charge in [-0.05, 0) is 37.7 Å². The zero-order valence-electron chi connectivity index (χ0n) is 8.96. The SMILES string of the molecule is Cc1cc(F)cc(C(=O)C2CN(C)C2)c1. The Morgan fingerprint density at radius 2 is 2.07 bits per heavy atom. The maximum absolute atomic E-state index is 13.1. The number of carbonyl (C=O) groups is 1. The Bertz CT molecular complexity index is 376. The Balaban J connectivity index is 2.18. The van der Waals surface area contributed by atoms with Crippen LogP contribution in [0.2, 0.25) is 0 Å². The van der Waals surface area contributed by atoms with Crippen molar-refractivity contribution >= 4 is 5.78 Å². The van der Waals surface area contributed by atoms with Crippen molar-refractivity contribution in [2.75, 3.05) is 20.1 Å². The van der Waals surface area contributed by atoms with Crippen LogP contribution in [0.1, 0.15) is 15.9 Å². The molecule has 0 saturated carbocycles. The zero-order chi connectivity index (χ0) is 11.0. The van der Waals surface area contributed by atoms with Gasteiger partial charge in [0.15, 0.2) is 5.78 Å². The van der Waals surface area contributed by atoms with Gasteiger partial charge >= 0.3 is 0 Å². The molecule has 1 saturated heterocycles. The standard InChI is InChI=1S/C12H14FNO/c1-8-3-9(5-11(13)4-8)12(15)10-6-14(2)7-10/h3-5,10H,6-7H2,1-2H3. The van der Waals surface area contributed by atoms with Crippen molar-refractivity contribution in [3.05, 3.63) is 35.1 Å². The Morgan fingerprint density at radius 1 is 1.40 bits per heavy atom. The lowest BCUT2D eigenvalue weighted by Crippen LogP contribution is -2.47. The number of likely N-dealkylation sites (tertiary alicyclic amines) is 1. The molecule has 2 rings (SSSR count). The summed E-state index contributed by atoms with van der Waals surface area (Å²) in [5, 5.41) is 0. The van der Waals surface area contributed by atoms with Gasteiger partial charge < -0.3 is 4.90 Å². The molecule has 2 nitrogen and oxygen atoms in total. The third kappa shape index (κ3) is 2.07. The van der Waals surface area contributed by atoms with Crippen molar-refractivity contribution in [2.45, 2.75) is 6.92 Å². The number of benzene rings is 1. The highest BCUT2D eigenvalue weighted by Crippen LogP contribution is 2.20. The third-order valence-electron chi connectivity index (χ3n) is 2.76. The summed E-state index contributed by atoms with van der Waals surface area (Å²) in [7, 11) is 1.97. The molecule has 15 heavy (non-hydrogen) atoms. The number of ketones is 1. The van der Waals surface area contributed by atoms with E-state index in [0.29, 0.717) is 5.56 Å². The van der Waals surface area contributed by atoms with E-state index in [2.05, 4.69) is 4.90 Å². The van der Waals surface area contributed by atoms with Gasteiger partial charge in [0.1, 0.15) is 5.82 Å². The van der Waals surface area contributed by atoms with Crippen molar-refractivity contribution in [1.29, 1.82) is 0 Å². The molecule has 0 amide bonds. The lowest BCUT2D eigenvalue weighted by molar-refractivity contribution is 0.0702. The molecule has 1 aliphatic heterocycles. The molecule has 1 aromatic carbocycles. The highest BCUT2D eigenvalue weighted by Gasteiger charge is 2.30. The lowest BCUT2D eigenvalue weighted by atomic mass is 9.91. The Kier molecular flexibility index (Phi) is 2.57. The fourth-order valence-electron chi connectivity index (χ4n) is 1.98. The van der Waals surface area contributed by atoms with E-state index < -0.39 is 0 Å². The highest BCUT2D eigenvalue weighted by molar-refractivity contribution is 5.98. The van der Waals surface area contributed by atoms with E-state index >= 15 is 0 Å². The summed E-state index contributed by atoms with van der Waals surface area (Å²) in [5.74, 6) is -0.210. The summed E-state index contributed by atoms with van der Waals surface area (Å²) >= 11 is 0. The number of aryl methyl sites for hydroxylation is 1. The van der Waals surface area contributed by atoms with Crippen LogP contribution in [0.15, 0.2) is 18.2 Å². The predicted molar refractivity (Wildman–Crippen MR) is 56.5 cm³/mol. The Hall–Kier alpha value is -1.22. The van der Waals surface area contributed by atoms with Crippen LogP contribution in [-0.2, 0) is 0 Å². The van der Waals surface area contributed by atoms with Crippen LogP contribution >= 0.6 is 0 Å².